The number of nitrogens with zero attached hydrogens (tertiary/aromatic N) is 5. The van der Waals surface area contributed by atoms with Crippen molar-refractivity contribution in [1.82, 2.24) is 15.0 Å². The average molecular weight is 295 g/mol. The predicted molar refractivity (Wildman–Crippen MR) is 81.6 cm³/mol. The summed E-state index contributed by atoms with van der Waals surface area (Å²) in [7, 11) is 0. The van der Waals surface area contributed by atoms with Crippen LogP contribution in [0, 0.1) is 18.3 Å². The molecule has 2 aromatic heterocycles. The first kappa shape index (κ1) is 14.3. The Labute approximate surface area is 129 Å². The van der Waals surface area contributed by atoms with Gasteiger partial charge in [-0.25, -0.2) is 15.0 Å². The smallest absolute Gasteiger partial charge is 0.316 e. The van der Waals surface area contributed by atoms with Crippen LogP contribution in [0.4, 0.5) is 5.82 Å². The molecule has 3 heterocycles. The van der Waals surface area contributed by atoms with Crippen LogP contribution in [0.2, 0.25) is 0 Å². The minimum atomic E-state index is 0.00463. The van der Waals surface area contributed by atoms with E-state index in [0.717, 1.165) is 30.8 Å². The number of hydrogen-bond donors (Lipinski definition) is 0. The topological polar surface area (TPSA) is 74.9 Å². The summed E-state index contributed by atoms with van der Waals surface area (Å²) >= 11 is 0. The van der Waals surface area contributed by atoms with Gasteiger partial charge in [-0.3, -0.25) is 0 Å². The Kier molecular flexibility index (Phi) is 4.15. The summed E-state index contributed by atoms with van der Waals surface area (Å²) in [5.74, 6) is 0.725. The van der Waals surface area contributed by atoms with Crippen molar-refractivity contribution in [2.45, 2.75) is 25.9 Å². The van der Waals surface area contributed by atoms with E-state index in [4.69, 9.17) is 4.74 Å². The van der Waals surface area contributed by atoms with E-state index >= 15 is 0 Å². The van der Waals surface area contributed by atoms with E-state index in [0.29, 0.717) is 18.1 Å². The molecule has 3 rings (SSSR count). The zero-order valence-electron chi connectivity index (χ0n) is 12.4. The Morgan fingerprint density at radius 2 is 2.14 bits per heavy atom. The highest BCUT2D eigenvalue weighted by Crippen LogP contribution is 2.22. The fourth-order valence-corrected chi connectivity index (χ4v) is 2.55. The molecular formula is C16H17N5O. The molecule has 0 aromatic carbocycles. The fraction of sp³-hybridized carbons (Fsp3) is 0.375. The van der Waals surface area contributed by atoms with Crippen molar-refractivity contribution < 1.29 is 4.74 Å². The minimum absolute atomic E-state index is 0.00463. The SMILES string of the molecule is Cc1cnc(OC2CCCN(c3ncccc3C#N)C2)nc1. The first-order chi connectivity index (χ1) is 10.8. The Morgan fingerprint density at radius 3 is 2.91 bits per heavy atom. The number of aryl methyl sites for hydroxylation is 1. The lowest BCUT2D eigenvalue weighted by Gasteiger charge is -2.33. The second kappa shape index (κ2) is 6.39. The van der Waals surface area contributed by atoms with Crippen LogP contribution in [0.15, 0.2) is 30.7 Å². The normalized spacial score (nSPS) is 17.8. The van der Waals surface area contributed by atoms with Crippen molar-refractivity contribution in [2.24, 2.45) is 0 Å². The molecule has 0 N–H and O–H groups in total. The van der Waals surface area contributed by atoms with Crippen molar-refractivity contribution >= 4 is 5.82 Å². The van der Waals surface area contributed by atoms with Gasteiger partial charge >= 0.3 is 6.01 Å². The third-order valence-electron chi connectivity index (χ3n) is 3.61. The number of nitriles is 1. The number of hydrogen-bond acceptors (Lipinski definition) is 6. The molecule has 1 saturated heterocycles. The number of piperidine rings is 1. The molecule has 0 radical (unpaired) electrons. The Balaban J connectivity index is 1.71. The van der Waals surface area contributed by atoms with Crippen LogP contribution in [-0.4, -0.2) is 34.1 Å². The van der Waals surface area contributed by atoms with E-state index in [-0.39, 0.29) is 6.10 Å². The number of ether oxygens (including phenoxy) is 1. The van der Waals surface area contributed by atoms with Crippen molar-refractivity contribution in [3.8, 4) is 12.1 Å². The van der Waals surface area contributed by atoms with Crippen LogP contribution in [-0.2, 0) is 0 Å². The molecule has 1 aliphatic heterocycles. The molecule has 0 bridgehead atoms. The Hall–Kier alpha value is -2.68. The number of anilines is 1. The molecule has 1 unspecified atom stereocenters. The summed E-state index contributed by atoms with van der Waals surface area (Å²) < 4.78 is 5.86. The van der Waals surface area contributed by atoms with Gasteiger partial charge in [0.15, 0.2) is 0 Å². The molecule has 112 valence electrons. The standard InChI is InChI=1S/C16H17N5O/c1-12-9-19-16(20-10-12)22-14-5-3-7-21(11-14)15-13(8-17)4-2-6-18-15/h2,4,6,9-10,14H,3,5,7,11H2,1H3. The van der Waals surface area contributed by atoms with Crippen molar-refractivity contribution in [1.29, 1.82) is 5.26 Å². The van der Waals surface area contributed by atoms with Crippen LogP contribution < -0.4 is 9.64 Å². The maximum absolute atomic E-state index is 9.21. The van der Waals surface area contributed by atoms with Crippen LogP contribution in [0.5, 0.6) is 6.01 Å². The van der Waals surface area contributed by atoms with Crippen LogP contribution in [0.25, 0.3) is 0 Å². The second-order valence-electron chi connectivity index (χ2n) is 5.36. The Bertz CT molecular complexity index is 680. The molecule has 6 heteroatoms. The van der Waals surface area contributed by atoms with E-state index in [1.54, 1.807) is 30.7 Å². The van der Waals surface area contributed by atoms with Gasteiger partial charge in [0, 0.05) is 25.1 Å². The highest BCUT2D eigenvalue weighted by molar-refractivity contribution is 5.53. The molecule has 0 aliphatic carbocycles. The van der Waals surface area contributed by atoms with Gasteiger partial charge in [-0.2, -0.15) is 5.26 Å². The highest BCUT2D eigenvalue weighted by Gasteiger charge is 2.24. The molecule has 1 atom stereocenters. The van der Waals surface area contributed by atoms with E-state index in [1.807, 2.05) is 6.92 Å². The maximum atomic E-state index is 9.21. The third-order valence-corrected chi connectivity index (χ3v) is 3.61. The summed E-state index contributed by atoms with van der Waals surface area (Å²) in [5.41, 5.74) is 1.60. The lowest BCUT2D eigenvalue weighted by atomic mass is 10.1. The zero-order valence-corrected chi connectivity index (χ0v) is 12.4. The molecule has 1 aliphatic rings. The lowest BCUT2D eigenvalue weighted by molar-refractivity contribution is 0.164. The van der Waals surface area contributed by atoms with Crippen LogP contribution in [0.3, 0.4) is 0 Å². The van der Waals surface area contributed by atoms with Gasteiger partial charge < -0.3 is 9.64 Å². The zero-order chi connectivity index (χ0) is 15.4. The van der Waals surface area contributed by atoms with Gasteiger partial charge in [-0.15, -0.1) is 0 Å². The first-order valence-electron chi connectivity index (χ1n) is 7.31. The van der Waals surface area contributed by atoms with Gasteiger partial charge in [0.25, 0.3) is 0 Å². The molecular weight excluding hydrogens is 278 g/mol. The van der Waals surface area contributed by atoms with Crippen molar-refractivity contribution in [3.63, 3.8) is 0 Å². The van der Waals surface area contributed by atoms with Gasteiger partial charge in [0.05, 0.1) is 12.1 Å². The summed E-state index contributed by atoms with van der Waals surface area (Å²) in [6.45, 7) is 3.50. The minimum Gasteiger partial charge on any atom is -0.458 e. The number of rotatable bonds is 3. The van der Waals surface area contributed by atoms with E-state index < -0.39 is 0 Å². The quantitative estimate of drug-likeness (QED) is 0.863. The summed E-state index contributed by atoms with van der Waals surface area (Å²) in [6.07, 6.45) is 7.14. The molecule has 22 heavy (non-hydrogen) atoms. The van der Waals surface area contributed by atoms with Crippen LogP contribution in [0.1, 0.15) is 24.0 Å². The van der Waals surface area contributed by atoms with Gasteiger partial charge in [-0.1, -0.05) is 0 Å². The van der Waals surface area contributed by atoms with Crippen molar-refractivity contribution in [3.05, 3.63) is 41.9 Å². The summed E-state index contributed by atoms with van der Waals surface area (Å²) in [4.78, 5) is 14.8. The molecule has 1 fully saturated rings. The molecule has 0 spiro atoms. The monoisotopic (exact) mass is 295 g/mol. The van der Waals surface area contributed by atoms with Gasteiger partial charge in [0.2, 0.25) is 0 Å². The second-order valence-corrected chi connectivity index (χ2v) is 5.36. The third kappa shape index (κ3) is 3.14. The van der Waals surface area contributed by atoms with Gasteiger partial charge in [0.1, 0.15) is 18.0 Å². The van der Waals surface area contributed by atoms with Crippen LogP contribution >= 0.6 is 0 Å². The number of pyridine rings is 1. The molecule has 2 aromatic rings. The lowest BCUT2D eigenvalue weighted by Crippen LogP contribution is -2.42. The fourth-order valence-electron chi connectivity index (χ4n) is 2.55. The van der Waals surface area contributed by atoms with Crippen molar-refractivity contribution in [2.75, 3.05) is 18.0 Å². The first-order valence-corrected chi connectivity index (χ1v) is 7.31. The number of aromatic nitrogens is 3. The van der Waals surface area contributed by atoms with E-state index in [9.17, 15) is 5.26 Å². The predicted octanol–water partition coefficient (Wildman–Crippen LogP) is 2.10. The maximum Gasteiger partial charge on any atom is 0.316 e. The summed E-state index contributed by atoms with van der Waals surface area (Å²) in [5, 5.41) is 9.21. The molecule has 0 saturated carbocycles. The van der Waals surface area contributed by atoms with Gasteiger partial charge in [-0.05, 0) is 37.5 Å². The van der Waals surface area contributed by atoms with E-state index in [2.05, 4.69) is 25.9 Å². The molecule has 0 amide bonds. The van der Waals surface area contributed by atoms with E-state index in [1.165, 1.54) is 0 Å². The summed E-state index contributed by atoms with van der Waals surface area (Å²) in [6, 6.07) is 6.16. The largest absolute Gasteiger partial charge is 0.458 e. The molecule has 6 nitrogen and oxygen atoms in total. The Morgan fingerprint density at radius 1 is 1.32 bits per heavy atom. The average Bonchev–Trinajstić information content (AvgIpc) is 2.57. The highest BCUT2D eigenvalue weighted by atomic mass is 16.5.